The quantitative estimate of drug-likeness (QED) is 0.776. The fourth-order valence-corrected chi connectivity index (χ4v) is 2.23. The van der Waals surface area contributed by atoms with E-state index in [0.717, 1.165) is 29.7 Å². The molecule has 0 fully saturated rings. The van der Waals surface area contributed by atoms with Gasteiger partial charge in [0.25, 0.3) is 0 Å². The standard InChI is InChI=1S/C14H18N2O3/c1-19-14(18)11(15)4-2-3-9-5-6-12-10(7-9)8-13(17)16-12/h5-7,11H,2-4,8,15H2,1H3,(H,16,17). The molecule has 5 heteroatoms. The van der Waals surface area contributed by atoms with E-state index < -0.39 is 6.04 Å². The molecule has 1 aliphatic rings. The van der Waals surface area contributed by atoms with Gasteiger partial charge in [-0.05, 0) is 36.5 Å². The Labute approximate surface area is 112 Å². The molecule has 0 saturated carbocycles. The van der Waals surface area contributed by atoms with Gasteiger partial charge in [0.2, 0.25) is 5.91 Å². The topological polar surface area (TPSA) is 81.4 Å². The summed E-state index contributed by atoms with van der Waals surface area (Å²) in [7, 11) is 1.34. The number of methoxy groups -OCH3 is 1. The van der Waals surface area contributed by atoms with E-state index in [4.69, 9.17) is 5.73 Å². The first-order chi connectivity index (χ1) is 9.10. The van der Waals surface area contributed by atoms with Crippen molar-refractivity contribution >= 4 is 17.6 Å². The third-order valence-electron chi connectivity index (χ3n) is 3.28. The Morgan fingerprint density at radius 2 is 2.32 bits per heavy atom. The number of aryl methyl sites for hydroxylation is 1. The van der Waals surface area contributed by atoms with Crippen molar-refractivity contribution < 1.29 is 14.3 Å². The van der Waals surface area contributed by atoms with Gasteiger partial charge in [0, 0.05) is 5.69 Å². The van der Waals surface area contributed by atoms with Gasteiger partial charge in [-0.25, -0.2) is 0 Å². The molecule has 0 bridgehead atoms. The maximum absolute atomic E-state index is 11.2. The van der Waals surface area contributed by atoms with Crippen LogP contribution in [0.3, 0.4) is 0 Å². The van der Waals surface area contributed by atoms with Crippen molar-refractivity contribution in [3.63, 3.8) is 0 Å². The first-order valence-electron chi connectivity index (χ1n) is 6.35. The molecule has 1 atom stereocenters. The second kappa shape index (κ2) is 5.84. The summed E-state index contributed by atoms with van der Waals surface area (Å²) in [6.45, 7) is 0. The van der Waals surface area contributed by atoms with Crippen molar-refractivity contribution in [2.24, 2.45) is 5.73 Å². The zero-order valence-corrected chi connectivity index (χ0v) is 10.9. The molecular weight excluding hydrogens is 244 g/mol. The Morgan fingerprint density at radius 3 is 3.05 bits per heavy atom. The average Bonchev–Trinajstić information content (AvgIpc) is 2.77. The summed E-state index contributed by atoms with van der Waals surface area (Å²) >= 11 is 0. The van der Waals surface area contributed by atoms with Crippen LogP contribution in [0, 0.1) is 0 Å². The number of nitrogens with one attached hydrogen (secondary N) is 1. The van der Waals surface area contributed by atoms with Crippen LogP contribution in [0.4, 0.5) is 5.69 Å². The van der Waals surface area contributed by atoms with Crippen molar-refractivity contribution in [2.75, 3.05) is 12.4 Å². The van der Waals surface area contributed by atoms with Crippen LogP contribution in [0.25, 0.3) is 0 Å². The molecule has 19 heavy (non-hydrogen) atoms. The van der Waals surface area contributed by atoms with Crippen LogP contribution in [0.2, 0.25) is 0 Å². The summed E-state index contributed by atoms with van der Waals surface area (Å²) in [5.74, 6) is -0.330. The summed E-state index contributed by atoms with van der Waals surface area (Å²) in [6.07, 6.45) is 2.70. The minimum atomic E-state index is -0.553. The number of carbonyl (C=O) groups excluding carboxylic acids is 2. The molecule has 0 aromatic heterocycles. The minimum absolute atomic E-state index is 0.0415. The molecule has 0 aliphatic carbocycles. The molecule has 102 valence electrons. The Bertz CT molecular complexity index is 499. The van der Waals surface area contributed by atoms with Crippen molar-refractivity contribution in [3.05, 3.63) is 29.3 Å². The summed E-state index contributed by atoms with van der Waals surface area (Å²) in [6, 6.07) is 5.41. The molecular formula is C14H18N2O3. The Hall–Kier alpha value is -1.88. The van der Waals surface area contributed by atoms with Crippen LogP contribution >= 0.6 is 0 Å². The van der Waals surface area contributed by atoms with Gasteiger partial charge >= 0.3 is 5.97 Å². The SMILES string of the molecule is COC(=O)C(N)CCCc1ccc2c(c1)CC(=O)N2. The van der Waals surface area contributed by atoms with Crippen molar-refractivity contribution in [2.45, 2.75) is 31.7 Å². The smallest absolute Gasteiger partial charge is 0.322 e. The number of amides is 1. The number of benzene rings is 1. The molecule has 5 nitrogen and oxygen atoms in total. The maximum atomic E-state index is 11.2. The van der Waals surface area contributed by atoms with Crippen LogP contribution in [0.1, 0.15) is 24.0 Å². The predicted molar refractivity (Wildman–Crippen MR) is 71.7 cm³/mol. The number of ether oxygens (including phenoxy) is 1. The lowest BCUT2D eigenvalue weighted by atomic mass is 10.0. The summed E-state index contributed by atoms with van der Waals surface area (Å²) in [5, 5.41) is 2.80. The van der Waals surface area contributed by atoms with Gasteiger partial charge in [-0.3, -0.25) is 9.59 Å². The summed E-state index contributed by atoms with van der Waals surface area (Å²) < 4.78 is 4.58. The van der Waals surface area contributed by atoms with Crippen LogP contribution in [-0.4, -0.2) is 25.0 Å². The number of hydrogen-bond acceptors (Lipinski definition) is 4. The highest BCUT2D eigenvalue weighted by Gasteiger charge is 2.17. The lowest BCUT2D eigenvalue weighted by Crippen LogP contribution is -2.31. The highest BCUT2D eigenvalue weighted by Crippen LogP contribution is 2.24. The fraction of sp³-hybridized carbons (Fsp3) is 0.429. The first kappa shape index (κ1) is 13.5. The molecule has 1 amide bonds. The highest BCUT2D eigenvalue weighted by atomic mass is 16.5. The van der Waals surface area contributed by atoms with E-state index in [2.05, 4.69) is 10.1 Å². The van der Waals surface area contributed by atoms with E-state index in [1.807, 2.05) is 18.2 Å². The Morgan fingerprint density at radius 1 is 1.53 bits per heavy atom. The molecule has 0 saturated heterocycles. The van der Waals surface area contributed by atoms with Crippen LogP contribution in [0.15, 0.2) is 18.2 Å². The zero-order valence-electron chi connectivity index (χ0n) is 10.9. The zero-order chi connectivity index (χ0) is 13.8. The molecule has 1 unspecified atom stereocenters. The largest absolute Gasteiger partial charge is 0.468 e. The Balaban J connectivity index is 1.86. The van der Waals surface area contributed by atoms with Gasteiger partial charge in [-0.1, -0.05) is 12.1 Å². The Kier molecular flexibility index (Phi) is 4.16. The van der Waals surface area contributed by atoms with Gasteiger partial charge in [0.15, 0.2) is 0 Å². The number of anilines is 1. The number of nitrogens with two attached hydrogens (primary N) is 1. The summed E-state index contributed by atoms with van der Waals surface area (Å²) in [5.41, 5.74) is 8.77. The first-order valence-corrected chi connectivity index (χ1v) is 6.35. The third kappa shape index (κ3) is 3.32. The minimum Gasteiger partial charge on any atom is -0.468 e. The molecule has 0 spiro atoms. The van der Waals surface area contributed by atoms with Gasteiger partial charge in [-0.2, -0.15) is 0 Å². The number of hydrogen-bond donors (Lipinski definition) is 2. The number of rotatable bonds is 5. The summed E-state index contributed by atoms with van der Waals surface area (Å²) in [4.78, 5) is 22.4. The van der Waals surface area contributed by atoms with E-state index in [9.17, 15) is 9.59 Å². The van der Waals surface area contributed by atoms with Gasteiger partial charge in [-0.15, -0.1) is 0 Å². The molecule has 2 rings (SSSR count). The normalized spacial score (nSPS) is 14.7. The number of fused-ring (bicyclic) bond motifs is 1. The van der Waals surface area contributed by atoms with Crippen LogP contribution in [0.5, 0.6) is 0 Å². The van der Waals surface area contributed by atoms with Crippen molar-refractivity contribution in [1.29, 1.82) is 0 Å². The van der Waals surface area contributed by atoms with E-state index in [0.29, 0.717) is 12.8 Å². The van der Waals surface area contributed by atoms with Crippen molar-refractivity contribution in [1.82, 2.24) is 0 Å². The monoisotopic (exact) mass is 262 g/mol. The van der Waals surface area contributed by atoms with E-state index in [-0.39, 0.29) is 11.9 Å². The van der Waals surface area contributed by atoms with Crippen LogP contribution < -0.4 is 11.1 Å². The second-order valence-electron chi connectivity index (χ2n) is 4.74. The lowest BCUT2D eigenvalue weighted by Gasteiger charge is -2.09. The highest BCUT2D eigenvalue weighted by molar-refractivity contribution is 5.99. The second-order valence-corrected chi connectivity index (χ2v) is 4.74. The van der Waals surface area contributed by atoms with E-state index in [1.54, 1.807) is 0 Å². The number of carbonyl (C=O) groups is 2. The molecule has 3 N–H and O–H groups in total. The average molecular weight is 262 g/mol. The van der Waals surface area contributed by atoms with E-state index in [1.165, 1.54) is 7.11 Å². The van der Waals surface area contributed by atoms with Gasteiger partial charge < -0.3 is 15.8 Å². The van der Waals surface area contributed by atoms with E-state index >= 15 is 0 Å². The van der Waals surface area contributed by atoms with Crippen LogP contribution in [-0.2, 0) is 27.2 Å². The lowest BCUT2D eigenvalue weighted by molar-refractivity contribution is -0.142. The fourth-order valence-electron chi connectivity index (χ4n) is 2.23. The predicted octanol–water partition coefficient (Wildman–Crippen LogP) is 1.00. The van der Waals surface area contributed by atoms with Gasteiger partial charge in [0.05, 0.1) is 13.5 Å². The maximum Gasteiger partial charge on any atom is 0.322 e. The molecule has 1 heterocycles. The number of esters is 1. The molecule has 1 aromatic rings. The molecule has 1 aromatic carbocycles. The van der Waals surface area contributed by atoms with Crippen molar-refractivity contribution in [3.8, 4) is 0 Å². The molecule has 0 radical (unpaired) electrons. The molecule has 1 aliphatic heterocycles. The van der Waals surface area contributed by atoms with Gasteiger partial charge in [0.1, 0.15) is 6.04 Å². The third-order valence-corrected chi connectivity index (χ3v) is 3.28.